The average molecular weight is 781 g/mol. The van der Waals surface area contributed by atoms with E-state index in [2.05, 4.69) is 178 Å². The highest BCUT2D eigenvalue weighted by Crippen LogP contribution is 2.67. The average Bonchev–Trinajstić information content (AvgIpc) is 4.12. The first-order valence-corrected chi connectivity index (χ1v) is 21.8. The van der Waals surface area contributed by atoms with E-state index in [1.165, 1.54) is 85.4 Å². The summed E-state index contributed by atoms with van der Waals surface area (Å²) in [5.41, 5.74) is 13.9. The maximum absolute atomic E-state index is 6.59. The van der Waals surface area contributed by atoms with Crippen molar-refractivity contribution in [3.63, 3.8) is 0 Å². The van der Waals surface area contributed by atoms with E-state index in [0.717, 1.165) is 33.3 Å². The van der Waals surface area contributed by atoms with E-state index >= 15 is 0 Å². The predicted molar refractivity (Wildman–Crippen MR) is 242 cm³/mol. The van der Waals surface area contributed by atoms with Gasteiger partial charge in [-0.2, -0.15) is 0 Å². The third kappa shape index (κ3) is 3.76. The quantitative estimate of drug-likeness (QED) is 0.174. The van der Waals surface area contributed by atoms with Gasteiger partial charge in [0.2, 0.25) is 0 Å². The Bertz CT molecular complexity index is 3590. The van der Waals surface area contributed by atoms with Crippen LogP contribution < -0.4 is 4.90 Å². The van der Waals surface area contributed by atoms with E-state index in [4.69, 9.17) is 4.42 Å². The van der Waals surface area contributed by atoms with Gasteiger partial charge in [-0.05, 0) is 106 Å². The first-order chi connectivity index (χ1) is 28.3. The zero-order chi connectivity index (χ0) is 37.0. The minimum atomic E-state index is -0.433. The number of nitrogens with zero attached hydrogens (tertiary/aromatic N) is 2. The van der Waals surface area contributed by atoms with E-state index in [0.29, 0.717) is 0 Å². The van der Waals surface area contributed by atoms with Crippen LogP contribution in [0.1, 0.15) is 22.3 Å². The van der Waals surface area contributed by atoms with Crippen molar-refractivity contribution >= 4 is 115 Å². The van der Waals surface area contributed by atoms with Crippen LogP contribution in [-0.4, -0.2) is 4.57 Å². The molecule has 5 aromatic heterocycles. The Labute approximate surface area is 338 Å². The Morgan fingerprint density at radius 3 is 1.81 bits per heavy atom. The Kier molecular flexibility index (Phi) is 5.88. The lowest BCUT2D eigenvalue weighted by atomic mass is 9.65. The van der Waals surface area contributed by atoms with Gasteiger partial charge in [-0.3, -0.25) is 0 Å². The van der Waals surface area contributed by atoms with Crippen molar-refractivity contribution in [1.29, 1.82) is 0 Å². The topological polar surface area (TPSA) is 21.3 Å². The largest absolute Gasteiger partial charge is 0.456 e. The Morgan fingerprint density at radius 2 is 1.07 bits per heavy atom. The number of hydrogen-bond donors (Lipinski definition) is 0. The smallest absolute Gasteiger partial charge is 0.135 e. The molecule has 6 heterocycles. The fraction of sp³-hybridized carbons (Fsp3) is 0.0196. The second-order valence-electron chi connectivity index (χ2n) is 15.2. The highest BCUT2D eigenvalue weighted by atomic mass is 32.1. The van der Waals surface area contributed by atoms with Crippen LogP contribution in [0, 0.1) is 0 Å². The first-order valence-electron chi connectivity index (χ1n) is 19.2. The number of thiophene rings is 3. The zero-order valence-corrected chi connectivity index (χ0v) is 32.6. The number of benzene rings is 7. The van der Waals surface area contributed by atoms with Crippen molar-refractivity contribution in [3.8, 4) is 15.4 Å². The molecule has 1 aliphatic heterocycles. The lowest BCUT2D eigenvalue weighted by Gasteiger charge is -2.44. The Hall–Kier alpha value is -6.44. The summed E-state index contributed by atoms with van der Waals surface area (Å²) >= 11 is 5.69. The molecule has 0 atom stereocenters. The molecule has 1 aliphatic carbocycles. The first kappa shape index (κ1) is 30.7. The van der Waals surface area contributed by atoms with Crippen LogP contribution in [0.3, 0.4) is 0 Å². The summed E-state index contributed by atoms with van der Waals surface area (Å²) in [5.74, 6) is 0. The van der Waals surface area contributed by atoms with Gasteiger partial charge < -0.3 is 13.9 Å². The van der Waals surface area contributed by atoms with Crippen molar-refractivity contribution in [1.82, 2.24) is 4.57 Å². The highest BCUT2D eigenvalue weighted by molar-refractivity contribution is 7.26. The molecule has 0 amide bonds. The third-order valence-electron chi connectivity index (χ3n) is 12.6. The van der Waals surface area contributed by atoms with Crippen LogP contribution in [0.15, 0.2) is 173 Å². The molecular formula is C51H28N2OS3. The van der Waals surface area contributed by atoms with E-state index in [1.54, 1.807) is 0 Å². The zero-order valence-electron chi connectivity index (χ0n) is 30.2. The van der Waals surface area contributed by atoms with Crippen LogP contribution in [0.25, 0.3) is 79.4 Å². The SMILES string of the molecule is c1ccc2c(c1)N(c1ccc3oc4ccc(-n5c6ccccc6c6ccccc65)cc4c3c1)c1ccc3c(sc4ccccc43)c1C21c2ccsc2-c2sccc21. The molecule has 57 heavy (non-hydrogen) atoms. The minimum Gasteiger partial charge on any atom is -0.456 e. The maximum Gasteiger partial charge on any atom is 0.135 e. The molecule has 0 saturated carbocycles. The lowest BCUT2D eigenvalue weighted by Crippen LogP contribution is -2.36. The fourth-order valence-electron chi connectivity index (χ4n) is 10.4. The van der Waals surface area contributed by atoms with Crippen molar-refractivity contribution in [2.24, 2.45) is 0 Å². The van der Waals surface area contributed by atoms with Crippen molar-refractivity contribution in [2.75, 3.05) is 4.90 Å². The summed E-state index contributed by atoms with van der Waals surface area (Å²) in [7, 11) is 0. The van der Waals surface area contributed by atoms with Crippen LogP contribution in [0.2, 0.25) is 0 Å². The summed E-state index contributed by atoms with van der Waals surface area (Å²) in [6.07, 6.45) is 0. The molecule has 6 heteroatoms. The molecule has 0 bridgehead atoms. The number of furan rings is 1. The summed E-state index contributed by atoms with van der Waals surface area (Å²) in [6.45, 7) is 0. The van der Waals surface area contributed by atoms with Gasteiger partial charge in [0, 0.05) is 68.4 Å². The fourth-order valence-corrected chi connectivity index (χ4v) is 13.8. The molecule has 1 spiro atoms. The molecule has 0 unspecified atom stereocenters. The standard InChI is InChI=1S/C51H28N2OS3/c1-5-13-40-31(9-1)32-10-2-6-14-41(32)52(40)29-17-21-44-35(27-29)36-28-30(18-22-45(36)54-44)53-42-15-7-4-12-37(42)51(38-23-25-55-49(38)50-39(51)24-26-56-50)47-43(53)20-19-34-33-11-3-8-16-46(33)57-48(34)47/h1-28H. The third-order valence-corrected chi connectivity index (χ3v) is 15.8. The second kappa shape index (κ2) is 10.9. The van der Waals surface area contributed by atoms with Gasteiger partial charge in [-0.25, -0.2) is 0 Å². The molecule has 14 rings (SSSR count). The number of anilines is 3. The number of rotatable bonds is 2. The number of fused-ring (bicyclic) bond motifs is 19. The summed E-state index contributed by atoms with van der Waals surface area (Å²) in [4.78, 5) is 5.32. The van der Waals surface area contributed by atoms with E-state index in [-0.39, 0.29) is 0 Å². The summed E-state index contributed by atoms with van der Waals surface area (Å²) in [6, 6.07) is 58.4. The van der Waals surface area contributed by atoms with Gasteiger partial charge in [-0.15, -0.1) is 34.0 Å². The van der Waals surface area contributed by atoms with Gasteiger partial charge in [0.15, 0.2) is 0 Å². The predicted octanol–water partition coefficient (Wildman–Crippen LogP) is 15.3. The van der Waals surface area contributed by atoms with Gasteiger partial charge in [0.25, 0.3) is 0 Å². The normalized spacial score (nSPS) is 14.1. The van der Waals surface area contributed by atoms with Crippen LogP contribution >= 0.6 is 34.0 Å². The molecule has 2 aliphatic rings. The Morgan fingerprint density at radius 1 is 0.456 bits per heavy atom. The molecule has 0 saturated heterocycles. The molecule has 0 fully saturated rings. The maximum atomic E-state index is 6.59. The van der Waals surface area contributed by atoms with E-state index in [1.807, 2.05) is 34.0 Å². The number of para-hydroxylation sites is 3. The molecule has 0 radical (unpaired) electrons. The molecule has 0 N–H and O–H groups in total. The van der Waals surface area contributed by atoms with Crippen molar-refractivity contribution in [2.45, 2.75) is 5.41 Å². The van der Waals surface area contributed by atoms with Crippen LogP contribution in [-0.2, 0) is 5.41 Å². The van der Waals surface area contributed by atoms with E-state index < -0.39 is 5.41 Å². The summed E-state index contributed by atoms with van der Waals surface area (Å²) < 4.78 is 11.6. The van der Waals surface area contributed by atoms with Crippen LogP contribution in [0.5, 0.6) is 0 Å². The number of aromatic nitrogens is 1. The number of hydrogen-bond acceptors (Lipinski definition) is 5. The van der Waals surface area contributed by atoms with Gasteiger partial charge >= 0.3 is 0 Å². The van der Waals surface area contributed by atoms with Gasteiger partial charge in [-0.1, -0.05) is 78.9 Å². The molecule has 3 nitrogen and oxygen atoms in total. The molecular weight excluding hydrogens is 753 g/mol. The highest BCUT2D eigenvalue weighted by Gasteiger charge is 2.54. The van der Waals surface area contributed by atoms with Crippen molar-refractivity contribution < 1.29 is 4.42 Å². The van der Waals surface area contributed by atoms with Crippen LogP contribution in [0.4, 0.5) is 17.1 Å². The second-order valence-corrected chi connectivity index (χ2v) is 18.1. The minimum absolute atomic E-state index is 0.433. The summed E-state index contributed by atoms with van der Waals surface area (Å²) in [5, 5.41) is 11.9. The monoisotopic (exact) mass is 780 g/mol. The lowest BCUT2D eigenvalue weighted by molar-refractivity contribution is 0.669. The Balaban J connectivity index is 1.05. The van der Waals surface area contributed by atoms with Gasteiger partial charge in [0.1, 0.15) is 11.2 Å². The van der Waals surface area contributed by atoms with E-state index in [9.17, 15) is 0 Å². The molecule has 266 valence electrons. The molecule has 12 aromatic rings. The van der Waals surface area contributed by atoms with Gasteiger partial charge in [0.05, 0.1) is 27.8 Å². The molecule has 7 aromatic carbocycles. The van der Waals surface area contributed by atoms with Crippen molar-refractivity contribution in [3.05, 3.63) is 191 Å².